The lowest BCUT2D eigenvalue weighted by molar-refractivity contribution is 0.0728. The summed E-state index contributed by atoms with van der Waals surface area (Å²) in [5.41, 5.74) is 1.91. The summed E-state index contributed by atoms with van der Waals surface area (Å²) in [6.45, 7) is 1.65. The topological polar surface area (TPSA) is 26.8 Å². The van der Waals surface area contributed by atoms with Gasteiger partial charge in [0.1, 0.15) is 6.17 Å². The van der Waals surface area contributed by atoms with Crippen LogP contribution < -0.4 is 4.90 Å². The van der Waals surface area contributed by atoms with Gasteiger partial charge in [-0.25, -0.2) is 4.79 Å². The number of carbonyl (C=O) groups is 1. The van der Waals surface area contributed by atoms with Crippen molar-refractivity contribution >= 4 is 39.2 Å². The van der Waals surface area contributed by atoms with E-state index >= 15 is 0 Å². The van der Waals surface area contributed by atoms with Crippen LogP contribution >= 0.6 is 27.5 Å². The third kappa shape index (κ3) is 2.53. The molecule has 4 rings (SSSR count). The fraction of sp³-hybridized carbons (Fsp3) is 0.235. The van der Waals surface area contributed by atoms with Crippen molar-refractivity contribution in [3.05, 3.63) is 63.6 Å². The van der Waals surface area contributed by atoms with Crippen molar-refractivity contribution in [2.24, 2.45) is 0 Å². The van der Waals surface area contributed by atoms with Gasteiger partial charge in [0.15, 0.2) is 0 Å². The maximum Gasteiger partial charge on any atom is 0.340 e. The van der Waals surface area contributed by atoms with Crippen molar-refractivity contribution in [2.45, 2.75) is 12.6 Å². The maximum atomic E-state index is 12.9. The predicted octanol–water partition coefficient (Wildman–Crippen LogP) is 4.66. The summed E-state index contributed by atoms with van der Waals surface area (Å²) in [5, 5.41) is 4.62. The van der Waals surface area contributed by atoms with Crippen LogP contribution in [0.2, 0.25) is 5.02 Å². The highest BCUT2D eigenvalue weighted by atomic mass is 79.9. The first-order valence-corrected chi connectivity index (χ1v) is 8.70. The molecule has 2 aromatic carbocycles. The highest BCUT2D eigenvalue weighted by molar-refractivity contribution is 9.10. The quantitative estimate of drug-likeness (QED) is 0.743. The van der Waals surface area contributed by atoms with Crippen LogP contribution in [0, 0.1) is 0 Å². The number of rotatable bonds is 2. The first-order valence-electron chi connectivity index (χ1n) is 7.53. The Morgan fingerprint density at radius 2 is 1.87 bits per heavy atom. The third-order valence-electron chi connectivity index (χ3n) is 4.28. The molecule has 2 fully saturated rings. The van der Waals surface area contributed by atoms with Crippen molar-refractivity contribution in [3.8, 4) is 0 Å². The van der Waals surface area contributed by atoms with E-state index in [9.17, 15) is 4.79 Å². The second-order valence-electron chi connectivity index (χ2n) is 5.70. The second kappa shape index (κ2) is 5.82. The Bertz CT molecular complexity index is 752. The van der Waals surface area contributed by atoms with Gasteiger partial charge in [-0.05, 0) is 42.3 Å². The van der Waals surface area contributed by atoms with E-state index in [1.54, 1.807) is 0 Å². The summed E-state index contributed by atoms with van der Waals surface area (Å²) >= 11 is 9.60. The lowest BCUT2D eigenvalue weighted by Crippen LogP contribution is -2.32. The zero-order valence-electron chi connectivity index (χ0n) is 12.3. The van der Waals surface area contributed by atoms with Crippen LogP contribution in [-0.2, 0) is 0 Å². The number of benzene rings is 2. The van der Waals surface area contributed by atoms with Crippen molar-refractivity contribution < 1.29 is 4.79 Å². The van der Waals surface area contributed by atoms with Crippen LogP contribution in [0.25, 0.3) is 0 Å². The Labute approximate surface area is 148 Å². The number of fused-ring (bicyclic) bond motifs is 1. The van der Waals surface area contributed by atoms with Gasteiger partial charge in [0.2, 0.25) is 0 Å². The van der Waals surface area contributed by atoms with E-state index in [1.807, 2.05) is 46.3 Å². The minimum absolute atomic E-state index is 0.0117. The average molecular weight is 393 g/mol. The van der Waals surface area contributed by atoms with Crippen molar-refractivity contribution in [1.82, 2.24) is 10.0 Å². The molecule has 2 aliphatic rings. The molecule has 4 nitrogen and oxygen atoms in total. The van der Waals surface area contributed by atoms with Crippen LogP contribution in [0.4, 0.5) is 10.5 Å². The molecule has 2 aliphatic heterocycles. The zero-order chi connectivity index (χ0) is 16.0. The largest absolute Gasteiger partial charge is 0.340 e. The molecule has 0 N–H and O–H groups in total. The zero-order valence-corrected chi connectivity index (χ0v) is 14.7. The number of amides is 2. The molecule has 2 heterocycles. The van der Waals surface area contributed by atoms with Gasteiger partial charge < -0.3 is 0 Å². The molecule has 2 amide bonds. The minimum atomic E-state index is -0.128. The van der Waals surface area contributed by atoms with Crippen molar-refractivity contribution in [3.63, 3.8) is 0 Å². The molecule has 0 saturated carbocycles. The molecule has 6 heteroatoms. The van der Waals surface area contributed by atoms with Gasteiger partial charge in [0, 0.05) is 28.3 Å². The highest BCUT2D eigenvalue weighted by Gasteiger charge is 2.47. The molecule has 2 saturated heterocycles. The minimum Gasteiger partial charge on any atom is -0.271 e. The van der Waals surface area contributed by atoms with E-state index in [1.165, 1.54) is 0 Å². The molecular weight excluding hydrogens is 378 g/mol. The lowest BCUT2D eigenvalue weighted by atomic mass is 10.1. The van der Waals surface area contributed by atoms with E-state index in [0.29, 0.717) is 5.02 Å². The van der Waals surface area contributed by atoms with Gasteiger partial charge >= 0.3 is 6.03 Å². The van der Waals surface area contributed by atoms with Gasteiger partial charge in [0.05, 0.1) is 0 Å². The lowest BCUT2D eigenvalue weighted by Gasteiger charge is -2.28. The summed E-state index contributed by atoms with van der Waals surface area (Å²) in [7, 11) is 0. The fourth-order valence-corrected chi connectivity index (χ4v) is 3.74. The predicted molar refractivity (Wildman–Crippen MR) is 94.2 cm³/mol. The second-order valence-corrected chi connectivity index (χ2v) is 7.05. The Hall–Kier alpha value is -1.56. The number of nitrogens with zero attached hydrogens (tertiary/aromatic N) is 3. The van der Waals surface area contributed by atoms with E-state index in [4.69, 9.17) is 11.6 Å². The SMILES string of the molecule is O=C1N(c2cccc(Cl)c2)C(c2ccc(Br)cc2)N2CCCN12. The molecule has 1 atom stereocenters. The van der Waals surface area contributed by atoms with E-state index in [2.05, 4.69) is 33.1 Å². The normalized spacial score (nSPS) is 21.1. The Morgan fingerprint density at radius 1 is 1.09 bits per heavy atom. The van der Waals surface area contributed by atoms with E-state index in [-0.39, 0.29) is 12.2 Å². The number of hydrazine groups is 1. The Balaban J connectivity index is 1.81. The van der Waals surface area contributed by atoms with Crippen LogP contribution in [0.5, 0.6) is 0 Å². The van der Waals surface area contributed by atoms with E-state index in [0.717, 1.165) is 35.2 Å². The van der Waals surface area contributed by atoms with Crippen molar-refractivity contribution in [1.29, 1.82) is 0 Å². The molecule has 0 radical (unpaired) electrons. The van der Waals surface area contributed by atoms with Crippen LogP contribution in [-0.4, -0.2) is 29.1 Å². The molecule has 1 unspecified atom stereocenters. The van der Waals surface area contributed by atoms with Crippen molar-refractivity contribution in [2.75, 3.05) is 18.0 Å². The maximum absolute atomic E-state index is 12.9. The van der Waals surface area contributed by atoms with Crippen LogP contribution in [0.3, 0.4) is 0 Å². The number of urea groups is 1. The summed E-state index contributed by atoms with van der Waals surface area (Å²) in [5.74, 6) is 0. The number of carbonyl (C=O) groups excluding carboxylic acids is 1. The standard InChI is InChI=1S/C17H15BrClN3O/c18-13-7-5-12(6-8-13)16-20-9-2-10-21(20)17(23)22(16)15-4-1-3-14(19)11-15/h1,3-8,11,16H,2,9-10H2. The Kier molecular flexibility index (Phi) is 3.79. The molecule has 23 heavy (non-hydrogen) atoms. The molecule has 0 aromatic heterocycles. The first kappa shape index (κ1) is 15.0. The molecule has 0 aliphatic carbocycles. The third-order valence-corrected chi connectivity index (χ3v) is 5.04. The van der Waals surface area contributed by atoms with Gasteiger partial charge in [-0.15, -0.1) is 0 Å². The molecular formula is C17H15BrClN3O. The van der Waals surface area contributed by atoms with Gasteiger partial charge in [-0.1, -0.05) is 45.7 Å². The van der Waals surface area contributed by atoms with Gasteiger partial charge in [0.25, 0.3) is 0 Å². The molecule has 0 bridgehead atoms. The summed E-state index contributed by atoms with van der Waals surface area (Å²) < 4.78 is 1.03. The van der Waals surface area contributed by atoms with Gasteiger partial charge in [-0.3, -0.25) is 9.91 Å². The van der Waals surface area contributed by atoms with E-state index < -0.39 is 0 Å². The van der Waals surface area contributed by atoms with Crippen LogP contribution in [0.15, 0.2) is 53.0 Å². The monoisotopic (exact) mass is 391 g/mol. The number of hydrogen-bond acceptors (Lipinski definition) is 2. The number of anilines is 1. The molecule has 2 aromatic rings. The first-order chi connectivity index (χ1) is 11.1. The van der Waals surface area contributed by atoms with Crippen LogP contribution in [0.1, 0.15) is 18.2 Å². The molecule has 0 spiro atoms. The summed E-state index contributed by atoms with van der Waals surface area (Å²) in [6.07, 6.45) is 0.874. The molecule has 118 valence electrons. The highest BCUT2D eigenvalue weighted by Crippen LogP contribution is 2.41. The van der Waals surface area contributed by atoms with Gasteiger partial charge in [-0.2, -0.15) is 5.01 Å². The number of hydrogen-bond donors (Lipinski definition) is 0. The number of halogens is 2. The summed E-state index contributed by atoms with van der Waals surface area (Å²) in [4.78, 5) is 14.7. The average Bonchev–Trinajstić information content (AvgIpc) is 3.11. The summed E-state index contributed by atoms with van der Waals surface area (Å²) in [6, 6.07) is 15.6. The fourth-order valence-electron chi connectivity index (χ4n) is 3.29. The Morgan fingerprint density at radius 3 is 2.61 bits per heavy atom. The smallest absolute Gasteiger partial charge is 0.271 e.